The van der Waals surface area contributed by atoms with Crippen molar-refractivity contribution in [2.24, 2.45) is 0 Å². The first-order chi connectivity index (χ1) is 12.0. The van der Waals surface area contributed by atoms with Crippen molar-refractivity contribution in [3.63, 3.8) is 0 Å². The van der Waals surface area contributed by atoms with Crippen LogP contribution in [-0.4, -0.2) is 42.5 Å². The number of thiazole rings is 1. The topological polar surface area (TPSA) is 48.5 Å². The monoisotopic (exact) mass is 358 g/mol. The predicted molar refractivity (Wildman–Crippen MR) is 105 cm³/mol. The first-order valence-electron chi connectivity index (χ1n) is 8.80. The van der Waals surface area contributed by atoms with E-state index in [9.17, 15) is 4.79 Å². The van der Waals surface area contributed by atoms with Crippen LogP contribution in [-0.2, 0) is 6.54 Å². The Bertz CT molecular complexity index is 710. The fourth-order valence-electron chi connectivity index (χ4n) is 3.11. The van der Waals surface area contributed by atoms with E-state index in [0.29, 0.717) is 16.7 Å². The maximum Gasteiger partial charge on any atom is 0.257 e. The van der Waals surface area contributed by atoms with Crippen LogP contribution in [0.25, 0.3) is 0 Å². The van der Waals surface area contributed by atoms with Gasteiger partial charge in [-0.25, -0.2) is 4.98 Å². The second kappa shape index (κ2) is 7.97. The standard InChI is InChI=1S/C19H26N4OS/c1-14-6-4-5-11-23(14)13-17-12-20-19(25-17)21-18(24)15-7-9-16(10-8-15)22(2)3/h7-10,12,14H,4-6,11,13H2,1-3H3,(H,20,21,24). The van der Waals surface area contributed by atoms with Gasteiger partial charge in [0.2, 0.25) is 0 Å². The molecule has 1 unspecified atom stereocenters. The molecule has 2 aromatic rings. The number of carbonyl (C=O) groups is 1. The van der Waals surface area contributed by atoms with Crippen molar-refractivity contribution in [3.05, 3.63) is 40.9 Å². The third-order valence-electron chi connectivity index (χ3n) is 4.72. The van der Waals surface area contributed by atoms with Crippen LogP contribution in [0.3, 0.4) is 0 Å². The Morgan fingerprint density at radius 2 is 2.08 bits per heavy atom. The number of benzene rings is 1. The van der Waals surface area contributed by atoms with E-state index < -0.39 is 0 Å². The molecule has 0 bridgehead atoms. The van der Waals surface area contributed by atoms with Crippen LogP contribution in [0.2, 0.25) is 0 Å². The molecule has 1 fully saturated rings. The lowest BCUT2D eigenvalue weighted by Crippen LogP contribution is -2.36. The lowest BCUT2D eigenvalue weighted by molar-refractivity contribution is 0.102. The maximum atomic E-state index is 12.4. The van der Waals surface area contributed by atoms with Gasteiger partial charge >= 0.3 is 0 Å². The van der Waals surface area contributed by atoms with E-state index in [1.54, 1.807) is 11.3 Å². The number of piperidine rings is 1. The van der Waals surface area contributed by atoms with Crippen LogP contribution in [0.4, 0.5) is 10.8 Å². The van der Waals surface area contributed by atoms with Gasteiger partial charge in [0.1, 0.15) is 0 Å². The Balaban J connectivity index is 1.59. The SMILES string of the molecule is CC1CCCCN1Cc1cnc(NC(=O)c2ccc(N(C)C)cc2)s1. The molecule has 1 amide bonds. The van der Waals surface area contributed by atoms with Gasteiger partial charge < -0.3 is 4.90 Å². The van der Waals surface area contributed by atoms with E-state index in [-0.39, 0.29) is 5.91 Å². The van der Waals surface area contributed by atoms with Gasteiger partial charge in [-0.2, -0.15) is 0 Å². The zero-order valence-corrected chi connectivity index (χ0v) is 16.0. The molecule has 6 heteroatoms. The summed E-state index contributed by atoms with van der Waals surface area (Å²) in [6.07, 6.45) is 5.76. The third-order valence-corrected chi connectivity index (χ3v) is 5.62. The summed E-state index contributed by atoms with van der Waals surface area (Å²) in [5, 5.41) is 3.58. The smallest absolute Gasteiger partial charge is 0.257 e. The lowest BCUT2D eigenvalue weighted by atomic mass is 10.0. The highest BCUT2D eigenvalue weighted by Gasteiger charge is 2.19. The Labute approximate surface area is 153 Å². The number of likely N-dealkylation sites (tertiary alicyclic amines) is 1. The van der Waals surface area contributed by atoms with Gasteiger partial charge in [-0.1, -0.05) is 6.42 Å². The summed E-state index contributed by atoms with van der Waals surface area (Å²) in [5.74, 6) is -0.113. The average molecular weight is 359 g/mol. The van der Waals surface area contributed by atoms with Crippen molar-refractivity contribution in [2.75, 3.05) is 30.9 Å². The molecule has 1 saturated heterocycles. The number of rotatable bonds is 5. The van der Waals surface area contributed by atoms with Crippen molar-refractivity contribution in [3.8, 4) is 0 Å². The molecule has 1 aliphatic heterocycles. The highest BCUT2D eigenvalue weighted by atomic mass is 32.1. The molecule has 1 atom stereocenters. The Morgan fingerprint density at radius 3 is 2.76 bits per heavy atom. The van der Waals surface area contributed by atoms with Gasteiger partial charge in [-0.15, -0.1) is 11.3 Å². The van der Waals surface area contributed by atoms with Crippen LogP contribution in [0.5, 0.6) is 0 Å². The number of hydrogen-bond donors (Lipinski definition) is 1. The number of hydrogen-bond acceptors (Lipinski definition) is 5. The van der Waals surface area contributed by atoms with Crippen molar-refractivity contribution in [1.82, 2.24) is 9.88 Å². The van der Waals surface area contributed by atoms with Gasteiger partial charge in [0.25, 0.3) is 5.91 Å². The minimum absolute atomic E-state index is 0.113. The number of anilines is 2. The zero-order valence-electron chi connectivity index (χ0n) is 15.2. The van der Waals surface area contributed by atoms with Gasteiger partial charge in [0.05, 0.1) is 0 Å². The summed E-state index contributed by atoms with van der Waals surface area (Å²) in [5.41, 5.74) is 1.72. The van der Waals surface area contributed by atoms with Gasteiger partial charge in [0, 0.05) is 49.0 Å². The van der Waals surface area contributed by atoms with Crippen LogP contribution >= 0.6 is 11.3 Å². The third kappa shape index (κ3) is 4.58. The molecule has 0 radical (unpaired) electrons. The highest BCUT2D eigenvalue weighted by Crippen LogP contribution is 2.24. The number of carbonyl (C=O) groups excluding carboxylic acids is 1. The molecule has 25 heavy (non-hydrogen) atoms. The second-order valence-electron chi connectivity index (χ2n) is 6.84. The summed E-state index contributed by atoms with van der Waals surface area (Å²) < 4.78 is 0. The van der Waals surface area contributed by atoms with Gasteiger partial charge in [0.15, 0.2) is 5.13 Å². The average Bonchev–Trinajstić information content (AvgIpc) is 3.04. The molecule has 1 N–H and O–H groups in total. The minimum atomic E-state index is -0.113. The van der Waals surface area contributed by atoms with Crippen LogP contribution in [0.15, 0.2) is 30.5 Å². The number of aromatic nitrogens is 1. The fourth-order valence-corrected chi connectivity index (χ4v) is 3.94. The van der Waals surface area contributed by atoms with Crippen molar-refractivity contribution >= 4 is 28.1 Å². The molecule has 134 valence electrons. The molecule has 3 rings (SSSR count). The summed E-state index contributed by atoms with van der Waals surface area (Å²) in [6, 6.07) is 8.20. The normalized spacial score (nSPS) is 18.1. The summed E-state index contributed by atoms with van der Waals surface area (Å²) >= 11 is 1.57. The van der Waals surface area contributed by atoms with Crippen LogP contribution in [0.1, 0.15) is 41.4 Å². The number of nitrogens with zero attached hydrogens (tertiary/aromatic N) is 3. The van der Waals surface area contributed by atoms with Crippen LogP contribution in [0, 0.1) is 0 Å². The molecule has 0 aliphatic carbocycles. The highest BCUT2D eigenvalue weighted by molar-refractivity contribution is 7.15. The molecule has 2 heterocycles. The molecular weight excluding hydrogens is 332 g/mol. The number of amides is 1. The van der Waals surface area contributed by atoms with E-state index in [0.717, 1.165) is 18.8 Å². The lowest BCUT2D eigenvalue weighted by Gasteiger charge is -2.32. The fraction of sp³-hybridized carbons (Fsp3) is 0.474. The van der Waals surface area contributed by atoms with Crippen LogP contribution < -0.4 is 10.2 Å². The van der Waals surface area contributed by atoms with E-state index in [1.807, 2.05) is 49.5 Å². The molecular formula is C19H26N4OS. The molecule has 5 nitrogen and oxygen atoms in total. The zero-order chi connectivity index (χ0) is 17.8. The van der Waals surface area contributed by atoms with Crippen molar-refractivity contribution < 1.29 is 4.79 Å². The summed E-state index contributed by atoms with van der Waals surface area (Å²) in [4.78, 5) is 22.5. The number of nitrogens with one attached hydrogen (secondary N) is 1. The van der Waals surface area contributed by atoms with E-state index >= 15 is 0 Å². The van der Waals surface area contributed by atoms with E-state index in [4.69, 9.17) is 0 Å². The first kappa shape index (κ1) is 17.9. The second-order valence-corrected chi connectivity index (χ2v) is 7.96. The molecule has 0 spiro atoms. The quantitative estimate of drug-likeness (QED) is 0.882. The van der Waals surface area contributed by atoms with Gasteiger partial charge in [-0.05, 0) is 50.6 Å². The molecule has 0 saturated carbocycles. The molecule has 1 aromatic carbocycles. The summed E-state index contributed by atoms with van der Waals surface area (Å²) in [6.45, 7) is 4.37. The Kier molecular flexibility index (Phi) is 5.71. The first-order valence-corrected chi connectivity index (χ1v) is 9.62. The Morgan fingerprint density at radius 1 is 1.32 bits per heavy atom. The summed E-state index contributed by atoms with van der Waals surface area (Å²) in [7, 11) is 3.96. The largest absolute Gasteiger partial charge is 0.378 e. The Hall–Kier alpha value is -1.92. The van der Waals surface area contributed by atoms with Gasteiger partial charge in [-0.3, -0.25) is 15.0 Å². The maximum absolute atomic E-state index is 12.4. The predicted octanol–water partition coefficient (Wildman–Crippen LogP) is 3.84. The van der Waals surface area contributed by atoms with E-state index in [2.05, 4.69) is 22.1 Å². The van der Waals surface area contributed by atoms with Crippen molar-refractivity contribution in [1.29, 1.82) is 0 Å². The molecule has 1 aliphatic rings. The molecule has 1 aromatic heterocycles. The minimum Gasteiger partial charge on any atom is -0.378 e. The van der Waals surface area contributed by atoms with Crippen molar-refractivity contribution in [2.45, 2.75) is 38.8 Å². The van der Waals surface area contributed by atoms with E-state index in [1.165, 1.54) is 24.1 Å².